The largest absolute Gasteiger partial charge is 0.494 e. The Morgan fingerprint density at radius 1 is 1.24 bits per heavy atom. The Morgan fingerprint density at radius 3 is 2.62 bits per heavy atom. The van der Waals surface area contributed by atoms with Gasteiger partial charge in [0.1, 0.15) is 0 Å². The minimum absolute atomic E-state index is 0.231. The fraction of sp³-hybridized carbons (Fsp3) is 0.647. The maximum Gasteiger partial charge on any atom is 0.168 e. The second-order valence-corrected chi connectivity index (χ2v) is 5.83. The van der Waals surface area contributed by atoms with Crippen molar-refractivity contribution in [2.45, 2.75) is 26.7 Å². The Bertz CT molecular complexity index is 410. The molecule has 0 aromatic heterocycles. The highest BCUT2D eigenvalue weighted by Crippen LogP contribution is 2.24. The summed E-state index contributed by atoms with van der Waals surface area (Å²) < 4.78 is 24.3. The van der Waals surface area contributed by atoms with Crippen LogP contribution in [0.3, 0.4) is 0 Å². The SMILES string of the molecule is COCCNCC(Cc1cccc(OC)c1F)CC(C)C. The minimum atomic E-state index is -0.231. The molecule has 0 amide bonds. The van der Waals surface area contributed by atoms with Crippen LogP contribution in [-0.2, 0) is 11.2 Å². The predicted octanol–water partition coefficient (Wildman–Crippen LogP) is 3.28. The molecule has 0 heterocycles. The molecule has 120 valence electrons. The van der Waals surface area contributed by atoms with E-state index in [1.165, 1.54) is 7.11 Å². The van der Waals surface area contributed by atoms with E-state index in [2.05, 4.69) is 19.2 Å². The van der Waals surface area contributed by atoms with Crippen molar-refractivity contribution in [3.8, 4) is 5.75 Å². The third-order valence-electron chi connectivity index (χ3n) is 3.49. The van der Waals surface area contributed by atoms with Crippen molar-refractivity contribution in [2.75, 3.05) is 33.9 Å². The molecule has 4 heteroatoms. The zero-order valence-electron chi connectivity index (χ0n) is 13.6. The number of nitrogens with one attached hydrogen (secondary N) is 1. The average molecular weight is 297 g/mol. The fourth-order valence-electron chi connectivity index (χ4n) is 2.57. The zero-order chi connectivity index (χ0) is 15.7. The Morgan fingerprint density at radius 2 is 2.00 bits per heavy atom. The summed E-state index contributed by atoms with van der Waals surface area (Å²) in [6, 6.07) is 5.36. The van der Waals surface area contributed by atoms with Gasteiger partial charge in [0, 0.05) is 13.7 Å². The van der Waals surface area contributed by atoms with Crippen LogP contribution in [0.15, 0.2) is 18.2 Å². The monoisotopic (exact) mass is 297 g/mol. The summed E-state index contributed by atoms with van der Waals surface area (Å²) in [7, 11) is 3.19. The van der Waals surface area contributed by atoms with Crippen molar-refractivity contribution in [1.82, 2.24) is 5.32 Å². The standard InChI is InChI=1S/C17H28FNO2/c1-13(2)10-14(12-19-8-9-20-3)11-15-6-5-7-16(21-4)17(15)18/h5-7,13-14,19H,8-12H2,1-4H3. The summed E-state index contributed by atoms with van der Waals surface area (Å²) in [5.41, 5.74) is 0.730. The topological polar surface area (TPSA) is 30.5 Å². The van der Waals surface area contributed by atoms with Gasteiger partial charge in [0.25, 0.3) is 0 Å². The molecule has 0 saturated carbocycles. The molecule has 0 radical (unpaired) electrons. The van der Waals surface area contributed by atoms with Gasteiger partial charge < -0.3 is 14.8 Å². The molecule has 1 aromatic rings. The van der Waals surface area contributed by atoms with E-state index in [-0.39, 0.29) is 5.82 Å². The molecule has 0 fully saturated rings. The predicted molar refractivity (Wildman–Crippen MR) is 84.3 cm³/mol. The third kappa shape index (κ3) is 6.44. The molecule has 1 atom stereocenters. The molecule has 1 aromatic carbocycles. The van der Waals surface area contributed by atoms with Crippen LogP contribution in [0.1, 0.15) is 25.8 Å². The first-order valence-corrected chi connectivity index (χ1v) is 7.59. The van der Waals surface area contributed by atoms with Gasteiger partial charge in [0.2, 0.25) is 0 Å². The van der Waals surface area contributed by atoms with E-state index >= 15 is 0 Å². The molecule has 21 heavy (non-hydrogen) atoms. The minimum Gasteiger partial charge on any atom is -0.494 e. The number of rotatable bonds is 10. The van der Waals surface area contributed by atoms with Crippen LogP contribution in [0, 0.1) is 17.7 Å². The highest BCUT2D eigenvalue weighted by molar-refractivity contribution is 5.31. The van der Waals surface area contributed by atoms with Crippen molar-refractivity contribution in [1.29, 1.82) is 0 Å². The molecule has 3 nitrogen and oxygen atoms in total. The number of halogens is 1. The number of hydrogen-bond acceptors (Lipinski definition) is 3. The summed E-state index contributed by atoms with van der Waals surface area (Å²) >= 11 is 0. The maximum absolute atomic E-state index is 14.2. The lowest BCUT2D eigenvalue weighted by Gasteiger charge is -2.20. The zero-order valence-corrected chi connectivity index (χ0v) is 13.6. The second kappa shape index (κ2) is 9.74. The normalized spacial score (nSPS) is 12.7. The van der Waals surface area contributed by atoms with Gasteiger partial charge in [0.05, 0.1) is 13.7 Å². The van der Waals surface area contributed by atoms with E-state index in [0.717, 1.165) is 31.5 Å². The fourth-order valence-corrected chi connectivity index (χ4v) is 2.57. The Labute approximate surface area is 127 Å². The van der Waals surface area contributed by atoms with Crippen molar-refractivity contribution in [2.24, 2.45) is 11.8 Å². The first kappa shape index (κ1) is 17.9. The number of hydrogen-bond donors (Lipinski definition) is 1. The Hall–Kier alpha value is -1.13. The first-order valence-electron chi connectivity index (χ1n) is 7.59. The lowest BCUT2D eigenvalue weighted by atomic mass is 9.90. The Balaban J connectivity index is 2.66. The van der Waals surface area contributed by atoms with E-state index in [1.54, 1.807) is 13.2 Å². The van der Waals surface area contributed by atoms with E-state index in [1.807, 2.05) is 12.1 Å². The number of methoxy groups -OCH3 is 2. The summed E-state index contributed by atoms with van der Waals surface area (Å²) in [6.07, 6.45) is 1.79. The van der Waals surface area contributed by atoms with Gasteiger partial charge in [-0.15, -0.1) is 0 Å². The van der Waals surface area contributed by atoms with Crippen molar-refractivity contribution >= 4 is 0 Å². The molecular formula is C17H28FNO2. The van der Waals surface area contributed by atoms with Gasteiger partial charge in [-0.2, -0.15) is 0 Å². The van der Waals surface area contributed by atoms with Gasteiger partial charge in [-0.3, -0.25) is 0 Å². The first-order chi connectivity index (χ1) is 10.1. The maximum atomic E-state index is 14.2. The van der Waals surface area contributed by atoms with Gasteiger partial charge in [0.15, 0.2) is 11.6 Å². The quantitative estimate of drug-likeness (QED) is 0.672. The molecular weight excluding hydrogens is 269 g/mol. The summed E-state index contributed by atoms with van der Waals surface area (Å²) in [5, 5.41) is 3.38. The highest BCUT2D eigenvalue weighted by Gasteiger charge is 2.16. The van der Waals surface area contributed by atoms with E-state index < -0.39 is 0 Å². The second-order valence-electron chi connectivity index (χ2n) is 5.83. The van der Waals surface area contributed by atoms with E-state index in [9.17, 15) is 4.39 Å². The summed E-state index contributed by atoms with van der Waals surface area (Å²) in [6.45, 7) is 6.79. The molecule has 0 aliphatic heterocycles. The van der Waals surface area contributed by atoms with Gasteiger partial charge in [-0.1, -0.05) is 26.0 Å². The van der Waals surface area contributed by atoms with Crippen LogP contribution in [0.4, 0.5) is 4.39 Å². The van der Waals surface area contributed by atoms with Crippen molar-refractivity contribution in [3.63, 3.8) is 0 Å². The van der Waals surface area contributed by atoms with Crippen LogP contribution in [0.25, 0.3) is 0 Å². The Kier molecular flexibility index (Phi) is 8.31. The third-order valence-corrected chi connectivity index (χ3v) is 3.49. The number of benzene rings is 1. The van der Waals surface area contributed by atoms with E-state index in [4.69, 9.17) is 9.47 Å². The molecule has 1 N–H and O–H groups in total. The van der Waals surface area contributed by atoms with Crippen molar-refractivity contribution in [3.05, 3.63) is 29.6 Å². The lowest BCUT2D eigenvalue weighted by Crippen LogP contribution is -2.28. The average Bonchev–Trinajstić information content (AvgIpc) is 2.45. The molecule has 0 aliphatic rings. The molecule has 0 aliphatic carbocycles. The summed E-state index contributed by atoms with van der Waals surface area (Å²) in [5.74, 6) is 1.09. The molecule has 0 spiro atoms. The molecule has 1 rings (SSSR count). The van der Waals surface area contributed by atoms with Crippen molar-refractivity contribution < 1.29 is 13.9 Å². The van der Waals surface area contributed by atoms with Crippen LogP contribution in [-0.4, -0.2) is 33.9 Å². The van der Waals surface area contributed by atoms with Crippen LogP contribution in [0.5, 0.6) is 5.75 Å². The lowest BCUT2D eigenvalue weighted by molar-refractivity contribution is 0.197. The van der Waals surface area contributed by atoms with Crippen LogP contribution in [0.2, 0.25) is 0 Å². The smallest absolute Gasteiger partial charge is 0.168 e. The van der Waals surface area contributed by atoms with Gasteiger partial charge in [-0.05, 0) is 42.9 Å². The highest BCUT2D eigenvalue weighted by atomic mass is 19.1. The van der Waals surface area contributed by atoms with Gasteiger partial charge in [-0.25, -0.2) is 4.39 Å². The van der Waals surface area contributed by atoms with Crippen LogP contribution >= 0.6 is 0 Å². The molecule has 1 unspecified atom stereocenters. The van der Waals surface area contributed by atoms with Gasteiger partial charge >= 0.3 is 0 Å². The van der Waals surface area contributed by atoms with E-state index in [0.29, 0.717) is 24.2 Å². The molecule has 0 saturated heterocycles. The van der Waals surface area contributed by atoms with Crippen LogP contribution < -0.4 is 10.1 Å². The molecule has 0 bridgehead atoms. The number of ether oxygens (including phenoxy) is 2. The summed E-state index contributed by atoms with van der Waals surface area (Å²) in [4.78, 5) is 0.